The van der Waals surface area contributed by atoms with E-state index < -0.39 is 0 Å². The van der Waals surface area contributed by atoms with Gasteiger partial charge in [-0.05, 0) is 25.3 Å². The second-order valence-corrected chi connectivity index (χ2v) is 7.61. The summed E-state index contributed by atoms with van der Waals surface area (Å²) in [5.74, 6) is 0.362. The molecule has 10 heteroatoms. The first-order chi connectivity index (χ1) is 14.0. The first-order valence-corrected chi connectivity index (χ1v) is 10.6. The van der Waals surface area contributed by atoms with Crippen molar-refractivity contribution in [2.24, 2.45) is 5.10 Å². The molecule has 1 aliphatic heterocycles. The second-order valence-electron chi connectivity index (χ2n) is 6.48. The van der Waals surface area contributed by atoms with Crippen LogP contribution in [0.25, 0.3) is 0 Å². The van der Waals surface area contributed by atoms with Crippen molar-refractivity contribution in [1.29, 1.82) is 5.26 Å². The molecular weight excluding hydrogens is 413 g/mol. The Morgan fingerprint density at radius 1 is 1.52 bits per heavy atom. The molecule has 0 saturated carbocycles. The summed E-state index contributed by atoms with van der Waals surface area (Å²) in [5.41, 5.74) is 4.47. The van der Waals surface area contributed by atoms with Gasteiger partial charge >= 0.3 is 0 Å². The summed E-state index contributed by atoms with van der Waals surface area (Å²) >= 11 is 7.83. The number of rotatable bonds is 6. The number of nitriles is 1. The van der Waals surface area contributed by atoms with Crippen LogP contribution < -0.4 is 15.6 Å². The van der Waals surface area contributed by atoms with E-state index in [1.54, 1.807) is 25.3 Å². The van der Waals surface area contributed by atoms with Gasteiger partial charge in [-0.3, -0.25) is 5.43 Å². The standard InChI is InChI=1S/C19H21ClFN7S/c1-12-15(21)4-3-5-16(12)27-24-10-14-17(20)25-19(29-2)26-18(14)28-9-8-23-13(11-28)6-7-22/h3-5,10,13,23,27H,6,8-9,11H2,1-2H3/b24-10+. The predicted octanol–water partition coefficient (Wildman–Crippen LogP) is 3.44. The van der Waals surface area contributed by atoms with Gasteiger partial charge in [-0.25, -0.2) is 14.4 Å². The lowest BCUT2D eigenvalue weighted by Gasteiger charge is -2.34. The van der Waals surface area contributed by atoms with Gasteiger partial charge in [-0.1, -0.05) is 29.4 Å². The molecule has 0 aliphatic carbocycles. The Balaban J connectivity index is 1.89. The average Bonchev–Trinajstić information content (AvgIpc) is 2.72. The molecule has 0 bridgehead atoms. The summed E-state index contributed by atoms with van der Waals surface area (Å²) in [6, 6.07) is 7.01. The van der Waals surface area contributed by atoms with Crippen molar-refractivity contribution in [2.75, 3.05) is 36.2 Å². The number of thioether (sulfide) groups is 1. The van der Waals surface area contributed by atoms with Gasteiger partial charge in [-0.2, -0.15) is 10.4 Å². The van der Waals surface area contributed by atoms with Crippen molar-refractivity contribution in [3.63, 3.8) is 0 Å². The minimum atomic E-state index is -0.305. The number of benzene rings is 1. The van der Waals surface area contributed by atoms with E-state index in [-0.39, 0.29) is 17.0 Å². The summed E-state index contributed by atoms with van der Waals surface area (Å²) in [6.07, 6.45) is 3.84. The number of halogens is 2. The maximum absolute atomic E-state index is 13.7. The maximum Gasteiger partial charge on any atom is 0.190 e. The van der Waals surface area contributed by atoms with Gasteiger partial charge in [-0.15, -0.1) is 0 Å². The number of hydrogen-bond acceptors (Lipinski definition) is 8. The Labute approximate surface area is 178 Å². The lowest BCUT2D eigenvalue weighted by Crippen LogP contribution is -2.51. The van der Waals surface area contributed by atoms with Crippen LogP contribution in [0.1, 0.15) is 17.5 Å². The van der Waals surface area contributed by atoms with Crippen molar-refractivity contribution in [1.82, 2.24) is 15.3 Å². The van der Waals surface area contributed by atoms with E-state index in [0.717, 1.165) is 13.1 Å². The lowest BCUT2D eigenvalue weighted by atomic mass is 10.1. The Hall–Kier alpha value is -2.41. The monoisotopic (exact) mass is 433 g/mol. The lowest BCUT2D eigenvalue weighted by molar-refractivity contribution is 0.459. The Kier molecular flexibility index (Phi) is 7.25. The van der Waals surface area contributed by atoms with Gasteiger partial charge in [0.05, 0.1) is 30.0 Å². The smallest absolute Gasteiger partial charge is 0.190 e. The molecule has 1 saturated heterocycles. The average molecular weight is 434 g/mol. The molecule has 2 aromatic rings. The third kappa shape index (κ3) is 5.15. The Morgan fingerprint density at radius 3 is 3.10 bits per heavy atom. The summed E-state index contributed by atoms with van der Waals surface area (Å²) in [5, 5.41) is 17.4. The molecule has 3 rings (SSSR count). The third-order valence-electron chi connectivity index (χ3n) is 4.58. The maximum atomic E-state index is 13.7. The van der Waals surface area contributed by atoms with Gasteiger partial charge in [0.1, 0.15) is 16.8 Å². The largest absolute Gasteiger partial charge is 0.353 e. The zero-order valence-corrected chi connectivity index (χ0v) is 17.7. The zero-order chi connectivity index (χ0) is 20.8. The number of hydrogen-bond donors (Lipinski definition) is 2. The summed E-state index contributed by atoms with van der Waals surface area (Å²) in [6.45, 7) is 3.77. The number of aromatic nitrogens is 2. The molecule has 1 unspecified atom stereocenters. The van der Waals surface area contributed by atoms with Crippen LogP contribution in [0.15, 0.2) is 28.5 Å². The highest BCUT2D eigenvalue weighted by Crippen LogP contribution is 2.27. The molecule has 0 spiro atoms. The van der Waals surface area contributed by atoms with E-state index in [1.807, 2.05) is 6.26 Å². The van der Waals surface area contributed by atoms with Crippen LogP contribution >= 0.6 is 23.4 Å². The summed E-state index contributed by atoms with van der Waals surface area (Å²) < 4.78 is 13.7. The van der Waals surface area contributed by atoms with Gasteiger partial charge < -0.3 is 10.2 Å². The van der Waals surface area contributed by atoms with Crippen LogP contribution in [0.5, 0.6) is 0 Å². The molecule has 2 heterocycles. The van der Waals surface area contributed by atoms with E-state index in [4.69, 9.17) is 16.9 Å². The predicted molar refractivity (Wildman–Crippen MR) is 115 cm³/mol. The minimum Gasteiger partial charge on any atom is -0.353 e. The van der Waals surface area contributed by atoms with E-state index in [9.17, 15) is 4.39 Å². The molecule has 0 radical (unpaired) electrons. The number of anilines is 2. The molecule has 1 fully saturated rings. The van der Waals surface area contributed by atoms with Crippen molar-refractivity contribution < 1.29 is 4.39 Å². The van der Waals surface area contributed by atoms with Crippen LogP contribution in [0.3, 0.4) is 0 Å². The van der Waals surface area contributed by atoms with Gasteiger partial charge in [0.15, 0.2) is 5.16 Å². The third-order valence-corrected chi connectivity index (χ3v) is 5.42. The first-order valence-electron chi connectivity index (χ1n) is 9.04. The fraction of sp³-hybridized carbons (Fsp3) is 0.368. The summed E-state index contributed by atoms with van der Waals surface area (Å²) in [7, 11) is 0. The van der Waals surface area contributed by atoms with Crippen molar-refractivity contribution in [3.05, 3.63) is 40.3 Å². The van der Waals surface area contributed by atoms with E-state index in [1.165, 1.54) is 17.8 Å². The topological polar surface area (TPSA) is 89.2 Å². The molecule has 2 N–H and O–H groups in total. The van der Waals surface area contributed by atoms with E-state index in [0.29, 0.717) is 40.8 Å². The normalized spacial score (nSPS) is 16.8. The number of hydrazone groups is 1. The molecule has 29 heavy (non-hydrogen) atoms. The molecule has 1 aromatic carbocycles. The highest BCUT2D eigenvalue weighted by atomic mass is 35.5. The van der Waals surface area contributed by atoms with Crippen LogP contribution in [0.2, 0.25) is 5.15 Å². The zero-order valence-electron chi connectivity index (χ0n) is 16.1. The number of nitrogens with one attached hydrogen (secondary N) is 2. The minimum absolute atomic E-state index is 0.0538. The molecule has 1 atom stereocenters. The molecule has 0 amide bonds. The van der Waals surface area contributed by atoms with E-state index in [2.05, 4.69) is 36.8 Å². The molecular formula is C19H21ClFN7S. The van der Waals surface area contributed by atoms with Crippen molar-refractivity contribution in [3.8, 4) is 6.07 Å². The van der Waals surface area contributed by atoms with Crippen LogP contribution in [-0.2, 0) is 0 Å². The number of nitrogens with zero attached hydrogens (tertiary/aromatic N) is 5. The van der Waals surface area contributed by atoms with Gasteiger partial charge in [0, 0.05) is 31.2 Å². The fourth-order valence-electron chi connectivity index (χ4n) is 3.02. The molecule has 152 valence electrons. The first kappa shape index (κ1) is 21.3. The molecule has 7 nitrogen and oxygen atoms in total. The van der Waals surface area contributed by atoms with Crippen LogP contribution in [0, 0.1) is 24.1 Å². The molecule has 1 aromatic heterocycles. The van der Waals surface area contributed by atoms with Crippen molar-refractivity contribution in [2.45, 2.75) is 24.5 Å². The van der Waals surface area contributed by atoms with Crippen LogP contribution in [0.4, 0.5) is 15.9 Å². The van der Waals surface area contributed by atoms with Gasteiger partial charge in [0.2, 0.25) is 0 Å². The van der Waals surface area contributed by atoms with Gasteiger partial charge in [0.25, 0.3) is 0 Å². The Morgan fingerprint density at radius 2 is 2.34 bits per heavy atom. The van der Waals surface area contributed by atoms with Crippen LogP contribution in [-0.4, -0.2) is 48.1 Å². The summed E-state index contributed by atoms with van der Waals surface area (Å²) in [4.78, 5) is 11.0. The fourth-order valence-corrected chi connectivity index (χ4v) is 3.64. The second kappa shape index (κ2) is 9.87. The molecule has 1 aliphatic rings. The number of piperazine rings is 1. The highest BCUT2D eigenvalue weighted by molar-refractivity contribution is 7.98. The van der Waals surface area contributed by atoms with Crippen molar-refractivity contribution >= 4 is 41.1 Å². The Bertz CT molecular complexity index is 947. The van der Waals surface area contributed by atoms with E-state index >= 15 is 0 Å². The highest BCUT2D eigenvalue weighted by Gasteiger charge is 2.24. The SMILES string of the molecule is CSc1nc(Cl)c(/C=N/Nc2cccc(F)c2C)c(N2CCNC(CC#N)C2)n1. The quantitative estimate of drug-likeness (QED) is 0.237.